The minimum atomic E-state index is -0.526. The average molecular weight is 1060 g/mol. The third-order valence-corrected chi connectivity index (χ3v) is 22.0. The highest BCUT2D eigenvalue weighted by atomic mass is 15.0. The van der Waals surface area contributed by atoms with Crippen molar-refractivity contribution in [2.24, 2.45) is 5.41 Å². The molecule has 0 saturated heterocycles. The number of rotatable bonds is 2. The van der Waals surface area contributed by atoms with Crippen molar-refractivity contribution in [2.75, 3.05) is 0 Å². The van der Waals surface area contributed by atoms with Gasteiger partial charge in [-0.15, -0.1) is 0 Å². The van der Waals surface area contributed by atoms with Crippen LogP contribution in [0.4, 0.5) is 5.69 Å². The van der Waals surface area contributed by atoms with E-state index < -0.39 is 21.7 Å². The van der Waals surface area contributed by atoms with Gasteiger partial charge in [-0.05, 0) is 153 Å². The molecule has 2 spiro atoms. The van der Waals surface area contributed by atoms with Crippen molar-refractivity contribution < 1.29 is 0 Å². The Bertz CT molecular complexity index is 4870. The zero-order valence-corrected chi connectivity index (χ0v) is 47.1. The highest BCUT2D eigenvalue weighted by Gasteiger charge is 2.61. The monoisotopic (exact) mass is 1060 g/mol. The first-order chi connectivity index (χ1) is 40.4. The van der Waals surface area contributed by atoms with Gasteiger partial charge in [0.05, 0.1) is 62.5 Å². The second kappa shape index (κ2) is 15.3. The maximum Gasteiger partial charge on any atom is 0.230 e. The van der Waals surface area contributed by atoms with E-state index in [2.05, 4.69) is 280 Å². The van der Waals surface area contributed by atoms with Gasteiger partial charge < -0.3 is 9.13 Å². The van der Waals surface area contributed by atoms with E-state index in [-0.39, 0.29) is 5.41 Å². The molecule has 2 heterocycles. The summed E-state index contributed by atoms with van der Waals surface area (Å²) in [6.45, 7) is 24.0. The van der Waals surface area contributed by atoms with Crippen LogP contribution in [-0.2, 0) is 21.7 Å². The fourth-order valence-electron chi connectivity index (χ4n) is 17.6. The Morgan fingerprint density at radius 3 is 1.02 bits per heavy atom. The van der Waals surface area contributed by atoms with Crippen LogP contribution in [0.2, 0.25) is 0 Å². The van der Waals surface area contributed by atoms with Gasteiger partial charge in [-0.1, -0.05) is 224 Å². The Kier molecular flexibility index (Phi) is 8.61. The van der Waals surface area contributed by atoms with E-state index in [1.165, 1.54) is 89.0 Å². The quantitative estimate of drug-likeness (QED) is 0.159. The number of hydrogen-bond acceptors (Lipinski definition) is 1. The second-order valence-electron chi connectivity index (χ2n) is 25.6. The summed E-state index contributed by atoms with van der Waals surface area (Å²) in [6, 6.07) is 84.1. The van der Waals surface area contributed by atoms with Crippen LogP contribution in [0.5, 0.6) is 0 Å². The van der Waals surface area contributed by atoms with E-state index >= 15 is 0 Å². The largest absolute Gasteiger partial charge is 0.319 e. The van der Waals surface area contributed by atoms with Crippen molar-refractivity contribution in [1.82, 2.24) is 9.13 Å². The Balaban J connectivity index is 0.973. The molecule has 18 rings (SSSR count). The summed E-state index contributed by atoms with van der Waals surface area (Å²) in [5.74, 6) is 0. The van der Waals surface area contributed by atoms with Crippen LogP contribution in [0.15, 0.2) is 218 Å². The van der Waals surface area contributed by atoms with E-state index in [1.807, 2.05) is 0 Å². The number of nitrogens with zero attached hydrogens (tertiary/aromatic N) is 4. The maximum absolute atomic E-state index is 12.3. The molecule has 5 aliphatic rings. The molecule has 0 saturated carbocycles. The van der Waals surface area contributed by atoms with E-state index in [9.17, 15) is 11.8 Å². The molecule has 0 atom stereocenters. The summed E-state index contributed by atoms with van der Waals surface area (Å²) in [5.41, 5.74) is 26.4. The standard InChI is InChI=1S/C79H54N4/c1-75(2)70-71(76(3,4)77(75,5)6)74(83-67-39-23-15-31-52(67)56-41-65-54(43-69(56)83)50-29-13-21-37-63(50)79(65)60-34-18-10-26-47(60)48-27-11-19-35-61(48)79)72(81-7)57(44-80)73(70)82-66-38-22-14-30-51(66)55-40-64-53(42-68(55)82)49-28-12-20-36-62(49)78(64)58-32-16-8-24-45(58)46-25-9-17-33-59(46)78/h8-43H,1-6H3. The summed E-state index contributed by atoms with van der Waals surface area (Å²) < 4.78 is 4.80. The van der Waals surface area contributed by atoms with E-state index in [0.717, 1.165) is 66.1 Å². The molecular weight excluding hydrogens is 1000 g/mol. The lowest BCUT2D eigenvalue weighted by Crippen LogP contribution is -2.42. The van der Waals surface area contributed by atoms with Crippen LogP contribution >= 0.6 is 0 Å². The van der Waals surface area contributed by atoms with Crippen molar-refractivity contribution in [3.8, 4) is 62.0 Å². The maximum atomic E-state index is 12.3. The van der Waals surface area contributed by atoms with Gasteiger partial charge in [-0.2, -0.15) is 5.26 Å². The van der Waals surface area contributed by atoms with E-state index in [0.29, 0.717) is 11.3 Å². The number of nitriles is 1. The Labute approximate surface area is 482 Å². The van der Waals surface area contributed by atoms with Gasteiger partial charge in [0.15, 0.2) is 0 Å². The predicted octanol–water partition coefficient (Wildman–Crippen LogP) is 19.6. The molecular formula is C79H54N4. The molecule has 4 heteroatoms. The first-order valence-electron chi connectivity index (χ1n) is 29.2. The Morgan fingerprint density at radius 1 is 0.349 bits per heavy atom. The predicted molar refractivity (Wildman–Crippen MR) is 339 cm³/mol. The molecule has 13 aromatic rings. The van der Waals surface area contributed by atoms with Gasteiger partial charge >= 0.3 is 0 Å². The fourth-order valence-corrected chi connectivity index (χ4v) is 17.6. The normalized spacial score (nSPS) is 16.5. The van der Waals surface area contributed by atoms with Crippen molar-refractivity contribution >= 4 is 49.3 Å². The zero-order valence-electron chi connectivity index (χ0n) is 47.1. The molecule has 0 amide bonds. The van der Waals surface area contributed by atoms with E-state index in [1.54, 1.807) is 0 Å². The Hall–Kier alpha value is -10.0. The van der Waals surface area contributed by atoms with Crippen molar-refractivity contribution in [3.05, 3.63) is 291 Å². The summed E-state index contributed by atoms with van der Waals surface area (Å²) in [7, 11) is 0. The topological polar surface area (TPSA) is 38.0 Å². The van der Waals surface area contributed by atoms with Crippen LogP contribution in [0.25, 0.3) is 104 Å². The second-order valence-corrected chi connectivity index (χ2v) is 25.6. The molecule has 0 unspecified atom stereocenters. The number of para-hydroxylation sites is 2. The van der Waals surface area contributed by atoms with Crippen molar-refractivity contribution in [2.45, 2.75) is 63.2 Å². The van der Waals surface area contributed by atoms with Gasteiger partial charge in [0.25, 0.3) is 0 Å². The molecule has 390 valence electrons. The van der Waals surface area contributed by atoms with Crippen molar-refractivity contribution in [3.63, 3.8) is 0 Å². The fraction of sp³-hybridized carbons (Fsp3) is 0.139. The van der Waals surface area contributed by atoms with Gasteiger partial charge in [-0.25, -0.2) is 4.85 Å². The lowest BCUT2D eigenvalue weighted by molar-refractivity contribution is 0.125. The third-order valence-electron chi connectivity index (χ3n) is 22.0. The van der Waals surface area contributed by atoms with Gasteiger partial charge in [0, 0.05) is 21.5 Å². The Morgan fingerprint density at radius 2 is 0.663 bits per heavy atom. The van der Waals surface area contributed by atoms with Gasteiger partial charge in [-0.3, -0.25) is 0 Å². The van der Waals surface area contributed by atoms with Crippen LogP contribution in [0.3, 0.4) is 0 Å². The molecule has 11 aromatic carbocycles. The zero-order chi connectivity index (χ0) is 55.8. The molecule has 0 fully saturated rings. The number of hydrogen-bond donors (Lipinski definition) is 0. The van der Waals surface area contributed by atoms with Crippen LogP contribution in [0, 0.1) is 23.3 Å². The summed E-state index contributed by atoms with van der Waals surface area (Å²) in [4.78, 5) is 4.67. The molecule has 4 nitrogen and oxygen atoms in total. The summed E-state index contributed by atoms with van der Waals surface area (Å²) in [6.07, 6.45) is 0. The van der Waals surface area contributed by atoms with E-state index in [4.69, 9.17) is 0 Å². The van der Waals surface area contributed by atoms with Crippen LogP contribution < -0.4 is 0 Å². The highest BCUT2D eigenvalue weighted by Crippen LogP contribution is 2.69. The highest BCUT2D eigenvalue weighted by molar-refractivity contribution is 6.15. The van der Waals surface area contributed by atoms with Gasteiger partial charge in [0.2, 0.25) is 5.69 Å². The SMILES string of the molecule is [C-]#[N+]c1c(C#N)c(-n2c3ccccc3c3cc4c(cc32)-c2ccccc2C42c3ccccc3-c3ccccc32)c2c(c1-n1c3ccccc3c3cc4c(cc31)-c1ccccc1C41c3ccccc3-c3ccccc31)C(C)(C)C(C)(C)C2(C)C. The summed E-state index contributed by atoms with van der Waals surface area (Å²) in [5, 5.41) is 16.8. The lowest BCUT2D eigenvalue weighted by Gasteiger charge is -2.45. The van der Waals surface area contributed by atoms with Gasteiger partial charge in [0.1, 0.15) is 0 Å². The molecule has 2 aromatic heterocycles. The summed E-state index contributed by atoms with van der Waals surface area (Å²) >= 11 is 0. The minimum Gasteiger partial charge on any atom is -0.319 e. The molecule has 5 aliphatic carbocycles. The first kappa shape index (κ1) is 46.7. The smallest absolute Gasteiger partial charge is 0.230 e. The van der Waals surface area contributed by atoms with Crippen LogP contribution in [0.1, 0.15) is 103 Å². The average Bonchev–Trinajstić information content (AvgIpc) is 1.64. The third kappa shape index (κ3) is 5.06. The number of benzene rings is 11. The molecule has 0 N–H and O–H groups in total. The number of aromatic nitrogens is 2. The molecule has 0 radical (unpaired) electrons. The van der Waals surface area contributed by atoms with Crippen molar-refractivity contribution in [1.29, 1.82) is 5.26 Å². The lowest BCUT2D eigenvalue weighted by atomic mass is 9.59. The molecule has 0 bridgehead atoms. The molecule has 83 heavy (non-hydrogen) atoms. The number of fused-ring (bicyclic) bond motifs is 27. The molecule has 0 aliphatic heterocycles. The first-order valence-corrected chi connectivity index (χ1v) is 29.2. The van der Waals surface area contributed by atoms with Crippen LogP contribution in [-0.4, -0.2) is 9.13 Å². The minimum absolute atomic E-state index is 0.372.